The van der Waals surface area contributed by atoms with Gasteiger partial charge in [0.25, 0.3) is 5.91 Å². The maximum absolute atomic E-state index is 11.3. The molecular weight excluding hydrogens is 244 g/mol. The van der Waals surface area contributed by atoms with Crippen LogP contribution < -0.4 is 11.3 Å². The third-order valence-corrected chi connectivity index (χ3v) is 3.23. The molecule has 3 N–H and O–H groups in total. The van der Waals surface area contributed by atoms with Gasteiger partial charge in [0.15, 0.2) is 0 Å². The van der Waals surface area contributed by atoms with E-state index in [-0.39, 0.29) is 5.91 Å². The third kappa shape index (κ3) is 3.99. The Bertz CT molecular complexity index is 417. The summed E-state index contributed by atoms with van der Waals surface area (Å²) in [6.45, 7) is 2.43. The topological polar surface area (TPSA) is 80.5 Å². The van der Waals surface area contributed by atoms with Gasteiger partial charge in [-0.2, -0.15) is 0 Å². The molecule has 104 valence electrons. The predicted octanol–water partition coefficient (Wildman–Crippen LogP) is 0.296. The van der Waals surface area contributed by atoms with Crippen molar-refractivity contribution in [3.05, 3.63) is 29.6 Å². The average Bonchev–Trinajstić information content (AvgIpc) is 3.28. The number of carbonyl (C=O) groups excluding carboxylic acids is 1. The number of pyridine rings is 1. The first-order valence-corrected chi connectivity index (χ1v) is 6.43. The smallest absolute Gasteiger partial charge is 0.266 e. The van der Waals surface area contributed by atoms with Crippen LogP contribution in [0.2, 0.25) is 0 Å². The monoisotopic (exact) mass is 264 g/mol. The van der Waals surface area contributed by atoms with Gasteiger partial charge in [-0.25, -0.2) is 5.84 Å². The highest BCUT2D eigenvalue weighted by molar-refractivity contribution is 5.93. The second kappa shape index (κ2) is 6.60. The Kier molecular flexibility index (Phi) is 4.84. The van der Waals surface area contributed by atoms with Crippen LogP contribution in [-0.2, 0) is 11.3 Å². The molecule has 1 heterocycles. The van der Waals surface area contributed by atoms with Gasteiger partial charge in [-0.15, -0.1) is 0 Å². The number of hydrogen-bond acceptors (Lipinski definition) is 5. The van der Waals surface area contributed by atoms with Crippen molar-refractivity contribution in [3.8, 4) is 0 Å². The Labute approximate surface area is 112 Å². The number of carbonyl (C=O) groups is 1. The fourth-order valence-corrected chi connectivity index (χ4v) is 1.98. The summed E-state index contributed by atoms with van der Waals surface area (Å²) < 4.78 is 5.12. The zero-order valence-electron chi connectivity index (χ0n) is 11.1. The highest BCUT2D eigenvalue weighted by Gasteiger charge is 2.28. The first kappa shape index (κ1) is 13.9. The third-order valence-electron chi connectivity index (χ3n) is 3.23. The zero-order chi connectivity index (χ0) is 13.7. The maximum Gasteiger partial charge on any atom is 0.266 e. The van der Waals surface area contributed by atoms with Gasteiger partial charge in [-0.05, 0) is 25.0 Å². The number of aromatic nitrogens is 1. The Hall–Kier alpha value is -1.50. The zero-order valence-corrected chi connectivity index (χ0v) is 11.1. The summed E-state index contributed by atoms with van der Waals surface area (Å²) in [6.07, 6.45) is 4.05. The largest absolute Gasteiger partial charge is 0.383 e. The molecule has 0 atom stereocenters. The Balaban J connectivity index is 1.95. The quantitative estimate of drug-likeness (QED) is 0.420. The Morgan fingerprint density at radius 3 is 2.89 bits per heavy atom. The summed E-state index contributed by atoms with van der Waals surface area (Å²) in [7, 11) is 1.71. The highest BCUT2D eigenvalue weighted by Crippen LogP contribution is 2.27. The van der Waals surface area contributed by atoms with Crippen LogP contribution in [0.15, 0.2) is 18.3 Å². The molecule has 1 aliphatic rings. The van der Waals surface area contributed by atoms with Gasteiger partial charge in [0.1, 0.15) is 0 Å². The van der Waals surface area contributed by atoms with Crippen LogP contribution in [0.5, 0.6) is 0 Å². The summed E-state index contributed by atoms with van der Waals surface area (Å²) in [6, 6.07) is 4.27. The van der Waals surface area contributed by atoms with E-state index in [9.17, 15) is 4.79 Å². The molecular formula is C13H20N4O2. The van der Waals surface area contributed by atoms with Gasteiger partial charge in [0.2, 0.25) is 0 Å². The van der Waals surface area contributed by atoms with Gasteiger partial charge in [0, 0.05) is 32.4 Å². The second-order valence-corrected chi connectivity index (χ2v) is 4.71. The van der Waals surface area contributed by atoms with Crippen LogP contribution >= 0.6 is 0 Å². The number of nitrogens with two attached hydrogens (primary N) is 1. The fraction of sp³-hybridized carbons (Fsp3) is 0.538. The van der Waals surface area contributed by atoms with Gasteiger partial charge in [0.05, 0.1) is 17.9 Å². The molecule has 2 rings (SSSR count). The molecule has 19 heavy (non-hydrogen) atoms. The fourth-order valence-electron chi connectivity index (χ4n) is 1.98. The average molecular weight is 264 g/mol. The molecule has 1 amide bonds. The van der Waals surface area contributed by atoms with E-state index in [1.54, 1.807) is 19.4 Å². The number of hydrogen-bond donors (Lipinski definition) is 2. The van der Waals surface area contributed by atoms with Gasteiger partial charge < -0.3 is 4.74 Å². The first-order valence-electron chi connectivity index (χ1n) is 6.43. The minimum Gasteiger partial charge on any atom is -0.383 e. The summed E-state index contributed by atoms with van der Waals surface area (Å²) in [4.78, 5) is 18.0. The van der Waals surface area contributed by atoms with Gasteiger partial charge in [-0.1, -0.05) is 0 Å². The van der Waals surface area contributed by atoms with Crippen molar-refractivity contribution < 1.29 is 9.53 Å². The lowest BCUT2D eigenvalue weighted by Gasteiger charge is -2.21. The first-order chi connectivity index (χ1) is 9.24. The van der Waals surface area contributed by atoms with E-state index in [0.717, 1.165) is 25.4 Å². The molecule has 0 spiro atoms. The Morgan fingerprint density at radius 1 is 1.58 bits per heavy atom. The highest BCUT2D eigenvalue weighted by atomic mass is 16.5. The van der Waals surface area contributed by atoms with Crippen molar-refractivity contribution in [2.24, 2.45) is 5.84 Å². The van der Waals surface area contributed by atoms with E-state index in [0.29, 0.717) is 11.6 Å². The summed E-state index contributed by atoms with van der Waals surface area (Å²) in [5.41, 5.74) is 3.52. The molecule has 1 aromatic heterocycles. The van der Waals surface area contributed by atoms with Crippen molar-refractivity contribution in [3.63, 3.8) is 0 Å². The number of rotatable bonds is 7. The van der Waals surface area contributed by atoms with Crippen molar-refractivity contribution in [1.82, 2.24) is 15.3 Å². The van der Waals surface area contributed by atoms with Crippen LogP contribution in [0.4, 0.5) is 0 Å². The molecule has 0 radical (unpaired) electrons. The molecule has 6 heteroatoms. The van der Waals surface area contributed by atoms with Crippen molar-refractivity contribution >= 4 is 5.91 Å². The molecule has 1 aromatic rings. The molecule has 0 aliphatic heterocycles. The van der Waals surface area contributed by atoms with E-state index in [4.69, 9.17) is 10.6 Å². The van der Waals surface area contributed by atoms with Crippen LogP contribution in [-0.4, -0.2) is 42.1 Å². The lowest BCUT2D eigenvalue weighted by molar-refractivity contribution is 0.0953. The number of nitrogen functional groups attached to an aromatic ring is 1. The minimum atomic E-state index is -0.322. The maximum atomic E-state index is 11.3. The number of nitrogens with zero attached hydrogens (tertiary/aromatic N) is 2. The number of amides is 1. The van der Waals surface area contributed by atoms with Crippen LogP contribution in [0.25, 0.3) is 0 Å². The van der Waals surface area contributed by atoms with E-state index < -0.39 is 0 Å². The number of nitrogens with one attached hydrogen (secondary N) is 1. The normalized spacial score (nSPS) is 14.7. The SMILES string of the molecule is COCCN(Cc1ccc(C(=O)NN)cn1)C1CC1. The summed E-state index contributed by atoms with van der Waals surface area (Å²) >= 11 is 0. The van der Waals surface area contributed by atoms with Crippen LogP contribution in [0.3, 0.4) is 0 Å². The predicted molar refractivity (Wildman–Crippen MR) is 71.2 cm³/mol. The second-order valence-electron chi connectivity index (χ2n) is 4.71. The molecule has 1 saturated carbocycles. The van der Waals surface area contributed by atoms with E-state index in [1.807, 2.05) is 6.07 Å². The van der Waals surface area contributed by atoms with E-state index in [2.05, 4.69) is 15.3 Å². The lowest BCUT2D eigenvalue weighted by Crippen LogP contribution is -2.31. The molecule has 6 nitrogen and oxygen atoms in total. The molecule has 0 aromatic carbocycles. The number of hydrazine groups is 1. The minimum absolute atomic E-state index is 0.322. The molecule has 1 fully saturated rings. The van der Waals surface area contributed by atoms with Crippen LogP contribution in [0.1, 0.15) is 28.9 Å². The van der Waals surface area contributed by atoms with Crippen molar-refractivity contribution in [2.45, 2.75) is 25.4 Å². The Morgan fingerprint density at radius 2 is 2.37 bits per heavy atom. The molecule has 0 bridgehead atoms. The number of ether oxygens (including phenoxy) is 1. The standard InChI is InChI=1S/C13H20N4O2/c1-19-7-6-17(12-4-5-12)9-11-3-2-10(8-15-11)13(18)16-14/h2-3,8,12H,4-7,9,14H2,1H3,(H,16,18). The van der Waals surface area contributed by atoms with Crippen molar-refractivity contribution in [2.75, 3.05) is 20.3 Å². The number of methoxy groups -OCH3 is 1. The molecule has 0 unspecified atom stereocenters. The molecule has 1 aliphatic carbocycles. The van der Waals surface area contributed by atoms with E-state index >= 15 is 0 Å². The van der Waals surface area contributed by atoms with Gasteiger partial charge in [-0.3, -0.25) is 20.1 Å². The van der Waals surface area contributed by atoms with Gasteiger partial charge >= 0.3 is 0 Å². The lowest BCUT2D eigenvalue weighted by atomic mass is 10.2. The summed E-state index contributed by atoms with van der Waals surface area (Å²) in [5.74, 6) is 4.75. The summed E-state index contributed by atoms with van der Waals surface area (Å²) in [5, 5.41) is 0. The molecule has 0 saturated heterocycles. The van der Waals surface area contributed by atoms with Crippen LogP contribution in [0, 0.1) is 0 Å². The van der Waals surface area contributed by atoms with Crippen molar-refractivity contribution in [1.29, 1.82) is 0 Å². The van der Waals surface area contributed by atoms with E-state index in [1.165, 1.54) is 12.8 Å².